The number of anilines is 2. The van der Waals surface area contributed by atoms with E-state index in [2.05, 4.69) is 22.2 Å². The van der Waals surface area contributed by atoms with Crippen molar-refractivity contribution in [1.82, 2.24) is 9.80 Å². The largest absolute Gasteiger partial charge is 0.399 e. The van der Waals surface area contributed by atoms with Crippen LogP contribution in [0, 0.1) is 0 Å². The highest BCUT2D eigenvalue weighted by atomic mass is 16.2. The van der Waals surface area contributed by atoms with Crippen molar-refractivity contribution >= 4 is 17.3 Å². The number of carbonyl (C=O) groups excluding carboxylic acids is 1. The average Bonchev–Trinajstić information content (AvgIpc) is 2.35. The van der Waals surface area contributed by atoms with Crippen LogP contribution in [0.25, 0.3) is 0 Å². The van der Waals surface area contributed by atoms with Gasteiger partial charge in [0, 0.05) is 37.6 Å². The van der Waals surface area contributed by atoms with Gasteiger partial charge in [-0.3, -0.25) is 9.69 Å². The maximum atomic E-state index is 11.8. The number of piperazine rings is 1. The summed E-state index contributed by atoms with van der Waals surface area (Å²) >= 11 is 0. The molecule has 1 aliphatic heterocycles. The molecule has 1 saturated heterocycles. The van der Waals surface area contributed by atoms with Gasteiger partial charge in [0.2, 0.25) is 5.91 Å². The van der Waals surface area contributed by atoms with Gasteiger partial charge < -0.3 is 16.0 Å². The van der Waals surface area contributed by atoms with Crippen molar-refractivity contribution < 1.29 is 4.79 Å². The first-order valence-corrected chi connectivity index (χ1v) is 6.20. The lowest BCUT2D eigenvalue weighted by molar-refractivity contribution is -0.117. The minimum atomic E-state index is 0.0318. The molecule has 0 saturated carbocycles. The summed E-state index contributed by atoms with van der Waals surface area (Å²) in [4.78, 5) is 16.3. The van der Waals surface area contributed by atoms with Gasteiger partial charge in [0.05, 0.1) is 6.54 Å². The predicted octanol–water partition coefficient (Wildman–Crippen LogP) is 0.455. The number of hydrogen-bond donors (Lipinski definition) is 2. The van der Waals surface area contributed by atoms with Crippen LogP contribution >= 0.6 is 0 Å². The number of nitrogen functional groups attached to an aromatic ring is 1. The van der Waals surface area contributed by atoms with Gasteiger partial charge in [-0.1, -0.05) is 0 Å². The molecule has 0 spiro atoms. The Morgan fingerprint density at radius 1 is 1.22 bits per heavy atom. The molecular weight excluding hydrogens is 228 g/mol. The zero-order valence-corrected chi connectivity index (χ0v) is 10.7. The van der Waals surface area contributed by atoms with Crippen LogP contribution in [-0.2, 0) is 4.79 Å². The Bertz CT molecular complexity index is 396. The van der Waals surface area contributed by atoms with Crippen LogP contribution in [0.5, 0.6) is 0 Å². The summed E-state index contributed by atoms with van der Waals surface area (Å²) in [6.07, 6.45) is 0. The van der Waals surface area contributed by atoms with Crippen molar-refractivity contribution in [1.29, 1.82) is 0 Å². The Balaban J connectivity index is 1.80. The van der Waals surface area contributed by atoms with E-state index in [1.54, 1.807) is 12.1 Å². The summed E-state index contributed by atoms with van der Waals surface area (Å²) in [6.45, 7) is 4.40. The Labute approximate surface area is 108 Å². The van der Waals surface area contributed by atoms with Gasteiger partial charge in [0.15, 0.2) is 0 Å². The van der Waals surface area contributed by atoms with Crippen molar-refractivity contribution in [2.24, 2.45) is 0 Å². The monoisotopic (exact) mass is 248 g/mol. The number of nitrogens with zero attached hydrogens (tertiary/aromatic N) is 2. The minimum absolute atomic E-state index is 0.0318. The highest BCUT2D eigenvalue weighted by Crippen LogP contribution is 2.10. The van der Waals surface area contributed by atoms with E-state index in [9.17, 15) is 4.79 Å². The molecule has 1 aliphatic rings. The molecular formula is C13H20N4O. The number of rotatable bonds is 3. The zero-order valence-electron chi connectivity index (χ0n) is 10.7. The smallest absolute Gasteiger partial charge is 0.238 e. The molecule has 0 unspecified atom stereocenters. The van der Waals surface area contributed by atoms with E-state index in [0.29, 0.717) is 12.2 Å². The third kappa shape index (κ3) is 3.72. The first kappa shape index (κ1) is 12.9. The van der Waals surface area contributed by atoms with E-state index < -0.39 is 0 Å². The highest BCUT2D eigenvalue weighted by molar-refractivity contribution is 5.92. The maximum Gasteiger partial charge on any atom is 0.238 e. The van der Waals surface area contributed by atoms with Crippen molar-refractivity contribution in [3.63, 3.8) is 0 Å². The quantitative estimate of drug-likeness (QED) is 0.763. The molecule has 98 valence electrons. The van der Waals surface area contributed by atoms with Gasteiger partial charge in [-0.15, -0.1) is 0 Å². The lowest BCUT2D eigenvalue weighted by Crippen LogP contribution is -2.47. The Hall–Kier alpha value is -1.59. The minimum Gasteiger partial charge on any atom is -0.399 e. The molecule has 2 rings (SSSR count). The number of benzene rings is 1. The molecule has 3 N–H and O–H groups in total. The Kier molecular flexibility index (Phi) is 4.17. The predicted molar refractivity (Wildman–Crippen MR) is 73.4 cm³/mol. The van der Waals surface area contributed by atoms with E-state index in [0.717, 1.165) is 31.9 Å². The molecule has 1 heterocycles. The van der Waals surface area contributed by atoms with E-state index in [4.69, 9.17) is 5.73 Å². The van der Waals surface area contributed by atoms with Crippen molar-refractivity contribution in [3.8, 4) is 0 Å². The van der Waals surface area contributed by atoms with Gasteiger partial charge in [0.25, 0.3) is 0 Å². The van der Waals surface area contributed by atoms with Crippen LogP contribution in [0.4, 0.5) is 11.4 Å². The number of amides is 1. The second-order valence-electron chi connectivity index (χ2n) is 4.75. The van der Waals surface area contributed by atoms with Crippen molar-refractivity contribution in [2.75, 3.05) is 50.8 Å². The number of likely N-dealkylation sites (N-methyl/N-ethyl adjacent to an activating group) is 1. The third-order valence-electron chi connectivity index (χ3n) is 3.16. The fourth-order valence-corrected chi connectivity index (χ4v) is 1.98. The molecule has 18 heavy (non-hydrogen) atoms. The number of hydrogen-bond acceptors (Lipinski definition) is 4. The molecule has 0 bridgehead atoms. The average molecular weight is 248 g/mol. The SMILES string of the molecule is CN1CCN(CC(=O)Nc2ccc(N)cc2)CC1. The fourth-order valence-electron chi connectivity index (χ4n) is 1.98. The summed E-state index contributed by atoms with van der Waals surface area (Å²) in [5.74, 6) is 0.0318. The summed E-state index contributed by atoms with van der Waals surface area (Å²) < 4.78 is 0. The summed E-state index contributed by atoms with van der Waals surface area (Å²) in [7, 11) is 2.10. The molecule has 1 amide bonds. The maximum absolute atomic E-state index is 11.8. The van der Waals surface area contributed by atoms with Crippen LogP contribution in [-0.4, -0.2) is 55.5 Å². The molecule has 0 radical (unpaired) electrons. The normalized spacial score (nSPS) is 17.6. The summed E-state index contributed by atoms with van der Waals surface area (Å²) in [5.41, 5.74) is 7.09. The molecule has 5 nitrogen and oxygen atoms in total. The topological polar surface area (TPSA) is 61.6 Å². The lowest BCUT2D eigenvalue weighted by Gasteiger charge is -2.31. The van der Waals surface area contributed by atoms with Crippen molar-refractivity contribution in [3.05, 3.63) is 24.3 Å². The molecule has 1 aromatic carbocycles. The molecule has 5 heteroatoms. The Morgan fingerprint density at radius 3 is 2.44 bits per heavy atom. The van der Waals surface area contributed by atoms with Gasteiger partial charge in [0.1, 0.15) is 0 Å². The number of nitrogens with two attached hydrogens (primary N) is 1. The molecule has 0 aromatic heterocycles. The van der Waals surface area contributed by atoms with Crippen LogP contribution in [0.1, 0.15) is 0 Å². The van der Waals surface area contributed by atoms with E-state index >= 15 is 0 Å². The van der Waals surface area contributed by atoms with Gasteiger partial charge in [-0.25, -0.2) is 0 Å². The first-order valence-electron chi connectivity index (χ1n) is 6.20. The van der Waals surface area contributed by atoms with E-state index in [1.807, 2.05) is 12.1 Å². The van der Waals surface area contributed by atoms with E-state index in [1.165, 1.54) is 0 Å². The number of carbonyl (C=O) groups is 1. The standard InChI is InChI=1S/C13H20N4O/c1-16-6-8-17(9-7-16)10-13(18)15-12-4-2-11(14)3-5-12/h2-5H,6-10,14H2,1H3,(H,15,18). The molecule has 0 aliphatic carbocycles. The third-order valence-corrected chi connectivity index (χ3v) is 3.16. The van der Waals surface area contributed by atoms with Crippen LogP contribution in [0.3, 0.4) is 0 Å². The van der Waals surface area contributed by atoms with Gasteiger partial charge >= 0.3 is 0 Å². The second kappa shape index (κ2) is 5.84. The zero-order chi connectivity index (χ0) is 13.0. The van der Waals surface area contributed by atoms with Crippen LogP contribution in [0.2, 0.25) is 0 Å². The lowest BCUT2D eigenvalue weighted by atomic mass is 10.3. The first-order chi connectivity index (χ1) is 8.63. The number of nitrogens with one attached hydrogen (secondary N) is 1. The Morgan fingerprint density at radius 2 is 1.83 bits per heavy atom. The summed E-state index contributed by atoms with van der Waals surface area (Å²) in [6, 6.07) is 7.20. The van der Waals surface area contributed by atoms with Crippen LogP contribution < -0.4 is 11.1 Å². The molecule has 0 atom stereocenters. The second-order valence-corrected chi connectivity index (χ2v) is 4.75. The fraction of sp³-hybridized carbons (Fsp3) is 0.462. The molecule has 1 aromatic rings. The molecule has 1 fully saturated rings. The summed E-state index contributed by atoms with van der Waals surface area (Å²) in [5, 5.41) is 2.88. The van der Waals surface area contributed by atoms with Crippen LogP contribution in [0.15, 0.2) is 24.3 Å². The van der Waals surface area contributed by atoms with Crippen molar-refractivity contribution in [2.45, 2.75) is 0 Å². The van der Waals surface area contributed by atoms with E-state index in [-0.39, 0.29) is 5.91 Å². The van der Waals surface area contributed by atoms with Gasteiger partial charge in [-0.2, -0.15) is 0 Å². The highest BCUT2D eigenvalue weighted by Gasteiger charge is 2.16. The van der Waals surface area contributed by atoms with Gasteiger partial charge in [-0.05, 0) is 31.3 Å².